The normalized spacial score (nSPS) is 21.3. The van der Waals surface area contributed by atoms with Crippen LogP contribution in [0.3, 0.4) is 0 Å². The molecule has 35 heavy (non-hydrogen) atoms. The van der Waals surface area contributed by atoms with Gasteiger partial charge in [0, 0.05) is 11.1 Å². The van der Waals surface area contributed by atoms with Gasteiger partial charge in [0.15, 0.2) is 11.6 Å². The van der Waals surface area contributed by atoms with Gasteiger partial charge in [0.05, 0.1) is 17.1 Å². The van der Waals surface area contributed by atoms with Gasteiger partial charge in [-0.2, -0.15) is 0 Å². The number of aliphatic hydroxyl groups is 2. The second kappa shape index (κ2) is 12.1. The molecule has 0 fully saturated rings. The fraction of sp³-hybridized carbons (Fsp3) is 0.419. The van der Waals surface area contributed by atoms with Crippen LogP contribution in [0.2, 0.25) is 0 Å². The monoisotopic (exact) mass is 474 g/mol. The van der Waals surface area contributed by atoms with E-state index in [0.29, 0.717) is 11.1 Å². The summed E-state index contributed by atoms with van der Waals surface area (Å²) in [6.07, 6.45) is 10.1. The largest absolute Gasteiger partial charge is 0.507 e. The molecule has 0 aromatic heterocycles. The molecule has 0 radical (unpaired) electrons. The summed E-state index contributed by atoms with van der Waals surface area (Å²) < 4.78 is 0. The summed E-state index contributed by atoms with van der Waals surface area (Å²) in [7, 11) is 0. The highest BCUT2D eigenvalue weighted by atomic mass is 16.3. The number of aryl methyl sites for hydroxylation is 2. The minimum absolute atomic E-state index is 0.0664. The van der Waals surface area contributed by atoms with Crippen LogP contribution >= 0.6 is 0 Å². The van der Waals surface area contributed by atoms with Crippen molar-refractivity contribution in [3.8, 4) is 0 Å². The molecule has 1 aliphatic rings. The first kappa shape index (κ1) is 26.6. The van der Waals surface area contributed by atoms with E-state index < -0.39 is 17.3 Å². The highest BCUT2D eigenvalue weighted by Crippen LogP contribution is 2.42. The molecule has 0 bridgehead atoms. The Morgan fingerprint density at radius 3 is 1.80 bits per heavy atom. The Kier molecular flexibility index (Phi) is 9.22. The van der Waals surface area contributed by atoms with Crippen molar-refractivity contribution in [2.24, 2.45) is 5.41 Å². The van der Waals surface area contributed by atoms with Crippen molar-refractivity contribution in [3.05, 3.63) is 88.5 Å². The lowest BCUT2D eigenvalue weighted by atomic mass is 9.66. The first-order valence-corrected chi connectivity index (χ1v) is 12.9. The summed E-state index contributed by atoms with van der Waals surface area (Å²) in [5.74, 6) is -1.11. The molecular weight excluding hydrogens is 436 g/mol. The number of unbranched alkanes of at least 4 members (excludes halogenated alkanes) is 4. The lowest BCUT2D eigenvalue weighted by Gasteiger charge is -2.36. The van der Waals surface area contributed by atoms with Crippen LogP contribution in [0.5, 0.6) is 0 Å². The van der Waals surface area contributed by atoms with Crippen LogP contribution in [0.1, 0.15) is 86.3 Å². The van der Waals surface area contributed by atoms with Crippen molar-refractivity contribution in [2.75, 3.05) is 0 Å². The average Bonchev–Trinajstić information content (AvgIpc) is 2.87. The van der Waals surface area contributed by atoms with Crippen molar-refractivity contribution in [2.45, 2.75) is 78.2 Å². The predicted molar refractivity (Wildman–Crippen MR) is 141 cm³/mol. The van der Waals surface area contributed by atoms with Gasteiger partial charge in [-0.15, -0.1) is 0 Å². The molecule has 1 aliphatic carbocycles. The van der Waals surface area contributed by atoms with E-state index in [0.717, 1.165) is 62.5 Å². The van der Waals surface area contributed by atoms with Crippen LogP contribution in [-0.2, 0) is 17.6 Å². The molecule has 2 N–H and O–H groups in total. The molecule has 2 unspecified atom stereocenters. The Balaban J connectivity index is 1.93. The fourth-order valence-electron chi connectivity index (χ4n) is 4.72. The molecule has 2 atom stereocenters. The zero-order chi connectivity index (χ0) is 25.4. The smallest absolute Gasteiger partial charge is 0.186 e. The molecule has 2 aromatic carbocycles. The molecule has 4 nitrogen and oxygen atoms in total. The van der Waals surface area contributed by atoms with Crippen molar-refractivity contribution >= 4 is 17.3 Å². The number of carbonyl (C=O) groups excluding carboxylic acids is 2. The number of carbonyl (C=O) groups is 2. The minimum atomic E-state index is -1.60. The van der Waals surface area contributed by atoms with E-state index in [1.165, 1.54) is 12.2 Å². The highest BCUT2D eigenvalue weighted by Gasteiger charge is 2.49. The van der Waals surface area contributed by atoms with Crippen LogP contribution in [0, 0.1) is 5.41 Å². The molecule has 0 heterocycles. The van der Waals surface area contributed by atoms with E-state index in [2.05, 4.69) is 13.8 Å². The Bertz CT molecular complexity index is 1080. The zero-order valence-corrected chi connectivity index (χ0v) is 21.2. The minimum Gasteiger partial charge on any atom is -0.507 e. The first-order valence-electron chi connectivity index (χ1n) is 12.9. The summed E-state index contributed by atoms with van der Waals surface area (Å²) in [4.78, 5) is 26.7. The van der Waals surface area contributed by atoms with E-state index in [4.69, 9.17) is 0 Å². The van der Waals surface area contributed by atoms with E-state index in [9.17, 15) is 19.8 Å². The lowest BCUT2D eigenvalue weighted by molar-refractivity contribution is -0.113. The standard InChI is InChI=1S/C31H38O4/c1-4-6-8-10-22-12-16-24(17-13-22)29(34)28-26(32)20-21-27(33)31(28,3)30(35)25-18-14-23(15-19-25)11-9-7-5-2/h12-21,27,33-34H,4-11H2,1-3H3. The molecule has 0 amide bonds. The third kappa shape index (κ3) is 5.99. The Labute approximate surface area is 209 Å². The quantitative estimate of drug-likeness (QED) is 0.162. The molecule has 2 aromatic rings. The van der Waals surface area contributed by atoms with Crippen molar-refractivity contribution in [3.63, 3.8) is 0 Å². The number of allylic oxidation sites excluding steroid dienone is 1. The van der Waals surface area contributed by atoms with Gasteiger partial charge in [-0.25, -0.2) is 0 Å². The van der Waals surface area contributed by atoms with E-state index in [-0.39, 0.29) is 17.1 Å². The topological polar surface area (TPSA) is 74.6 Å². The zero-order valence-electron chi connectivity index (χ0n) is 21.2. The first-order chi connectivity index (χ1) is 16.8. The molecular formula is C31H38O4. The number of ketones is 2. The van der Waals surface area contributed by atoms with Crippen LogP contribution in [-0.4, -0.2) is 27.9 Å². The van der Waals surface area contributed by atoms with Gasteiger partial charge in [0.1, 0.15) is 5.76 Å². The average molecular weight is 475 g/mol. The predicted octanol–water partition coefficient (Wildman–Crippen LogP) is 6.81. The molecule has 0 aliphatic heterocycles. The van der Waals surface area contributed by atoms with Gasteiger partial charge in [-0.1, -0.05) is 94.1 Å². The van der Waals surface area contributed by atoms with Gasteiger partial charge in [-0.3, -0.25) is 9.59 Å². The van der Waals surface area contributed by atoms with Crippen LogP contribution in [0.4, 0.5) is 0 Å². The molecule has 186 valence electrons. The molecule has 3 rings (SSSR count). The Morgan fingerprint density at radius 2 is 1.31 bits per heavy atom. The summed E-state index contributed by atoms with van der Waals surface area (Å²) in [6, 6.07) is 14.8. The van der Waals surface area contributed by atoms with Crippen LogP contribution < -0.4 is 0 Å². The van der Waals surface area contributed by atoms with Crippen LogP contribution in [0.15, 0.2) is 66.3 Å². The lowest BCUT2D eigenvalue weighted by Crippen LogP contribution is -2.45. The second-order valence-electron chi connectivity index (χ2n) is 9.73. The van der Waals surface area contributed by atoms with Gasteiger partial charge < -0.3 is 10.2 Å². The van der Waals surface area contributed by atoms with Gasteiger partial charge in [-0.05, 0) is 49.8 Å². The van der Waals surface area contributed by atoms with Crippen molar-refractivity contribution in [1.82, 2.24) is 0 Å². The van der Waals surface area contributed by atoms with Crippen molar-refractivity contribution < 1.29 is 19.8 Å². The van der Waals surface area contributed by atoms with Crippen molar-refractivity contribution in [1.29, 1.82) is 0 Å². The number of hydrogen-bond acceptors (Lipinski definition) is 4. The molecule has 0 saturated heterocycles. The molecule has 0 saturated carbocycles. The summed E-state index contributed by atoms with van der Waals surface area (Å²) in [5.41, 5.74) is 1.51. The number of benzene rings is 2. The van der Waals surface area contributed by atoms with E-state index >= 15 is 0 Å². The van der Waals surface area contributed by atoms with Gasteiger partial charge in [0.2, 0.25) is 0 Å². The maximum Gasteiger partial charge on any atom is 0.186 e. The van der Waals surface area contributed by atoms with E-state index in [1.807, 2.05) is 24.3 Å². The number of hydrogen-bond donors (Lipinski definition) is 2. The van der Waals surface area contributed by atoms with E-state index in [1.54, 1.807) is 31.2 Å². The third-order valence-electron chi connectivity index (χ3n) is 7.08. The Hall–Kier alpha value is -2.98. The highest BCUT2D eigenvalue weighted by molar-refractivity contribution is 6.18. The summed E-state index contributed by atoms with van der Waals surface area (Å²) in [6.45, 7) is 5.87. The molecule has 4 heteroatoms. The summed E-state index contributed by atoms with van der Waals surface area (Å²) in [5, 5.41) is 22.1. The number of Topliss-reactive ketones (excluding diaryl/α,β-unsaturated/α-hetero) is 1. The molecule has 0 spiro atoms. The third-order valence-corrected chi connectivity index (χ3v) is 7.08. The second-order valence-corrected chi connectivity index (χ2v) is 9.73. The Morgan fingerprint density at radius 1 is 0.829 bits per heavy atom. The van der Waals surface area contributed by atoms with Gasteiger partial charge in [0.25, 0.3) is 0 Å². The maximum absolute atomic E-state index is 13.7. The number of rotatable bonds is 11. The number of aliphatic hydroxyl groups excluding tert-OH is 2. The van der Waals surface area contributed by atoms with Gasteiger partial charge >= 0.3 is 0 Å². The fourth-order valence-corrected chi connectivity index (χ4v) is 4.72. The maximum atomic E-state index is 13.7. The summed E-state index contributed by atoms with van der Waals surface area (Å²) >= 11 is 0. The SMILES string of the molecule is CCCCCc1ccc(C(=O)C2(C)C(=C(O)c3ccc(CCCCC)cc3)C(=O)C=CC2O)cc1. The van der Waals surface area contributed by atoms with Crippen LogP contribution in [0.25, 0.3) is 5.76 Å².